The zero-order chi connectivity index (χ0) is 15.0. The van der Waals surface area contributed by atoms with Gasteiger partial charge in [-0.3, -0.25) is 10.6 Å². The first kappa shape index (κ1) is 16.0. The van der Waals surface area contributed by atoms with Gasteiger partial charge in [-0.05, 0) is 63.7 Å². The molecule has 11 heteroatoms. The van der Waals surface area contributed by atoms with Crippen molar-refractivity contribution < 1.29 is 23.9 Å². The van der Waals surface area contributed by atoms with E-state index in [0.717, 1.165) is 0 Å². The highest BCUT2D eigenvalue weighted by atomic mass is 79.9. The Morgan fingerprint density at radius 2 is 1.20 bits per heavy atom. The third-order valence-electron chi connectivity index (χ3n) is 2.21. The van der Waals surface area contributed by atoms with Crippen molar-refractivity contribution in [3.63, 3.8) is 0 Å². The van der Waals surface area contributed by atoms with Gasteiger partial charge in [0.2, 0.25) is 12.5 Å². The molecule has 0 saturated heterocycles. The summed E-state index contributed by atoms with van der Waals surface area (Å²) in [6, 6.07) is -0.682. The van der Waals surface area contributed by atoms with E-state index in [0.29, 0.717) is 8.96 Å². The lowest BCUT2D eigenvalue weighted by atomic mass is 10.5. The molecule has 0 aromatic rings. The van der Waals surface area contributed by atoms with Gasteiger partial charge in [0, 0.05) is 0 Å². The maximum atomic E-state index is 11.8. The molecule has 2 aliphatic rings. The van der Waals surface area contributed by atoms with Gasteiger partial charge in [0.15, 0.2) is 0 Å². The van der Waals surface area contributed by atoms with Crippen molar-refractivity contribution in [2.45, 2.75) is 12.5 Å². The Bertz CT molecular complexity index is 525. The number of esters is 2. The topological polar surface area (TPSA) is 93.7 Å². The minimum absolute atomic E-state index is 0.193. The van der Waals surface area contributed by atoms with E-state index in [4.69, 9.17) is 9.47 Å². The molecule has 7 nitrogen and oxygen atoms in total. The summed E-state index contributed by atoms with van der Waals surface area (Å²) < 4.78 is 10.8. The normalized spacial score (nSPS) is 25.8. The Kier molecular flexibility index (Phi) is 4.92. The molecule has 108 valence electrons. The van der Waals surface area contributed by atoms with Crippen LogP contribution < -0.4 is 10.6 Å². The van der Waals surface area contributed by atoms with Crippen LogP contribution in [0.2, 0.25) is 0 Å². The highest BCUT2D eigenvalue weighted by Crippen LogP contribution is 2.31. The van der Waals surface area contributed by atoms with Gasteiger partial charge < -0.3 is 9.47 Å². The summed E-state index contributed by atoms with van der Waals surface area (Å²) in [6.45, 7) is 0. The fourth-order valence-electron chi connectivity index (χ4n) is 1.31. The number of hydrogen-bond donors (Lipinski definition) is 2. The summed E-state index contributed by atoms with van der Waals surface area (Å²) in [5.74, 6) is -1.20. The molecule has 0 fully saturated rings. The van der Waals surface area contributed by atoms with Crippen LogP contribution in [0.4, 0.5) is 4.79 Å². The Hall–Kier alpha value is -0.390. The van der Waals surface area contributed by atoms with Crippen molar-refractivity contribution in [2.75, 3.05) is 0 Å². The summed E-state index contributed by atoms with van der Waals surface area (Å²) >= 11 is 12.2. The molecule has 0 aliphatic carbocycles. The molecule has 2 aliphatic heterocycles. The molecule has 0 radical (unpaired) electrons. The van der Waals surface area contributed by atoms with Crippen LogP contribution in [0, 0.1) is 0 Å². The highest BCUT2D eigenvalue weighted by molar-refractivity contribution is 9.14. The summed E-state index contributed by atoms with van der Waals surface area (Å²) in [5, 5.41) is 4.78. The average Bonchev–Trinajstić information content (AvgIpc) is 2.76. The number of nitrogens with one attached hydrogen (secondary N) is 2. The number of carbonyl (C=O) groups excluding carboxylic acids is 3. The zero-order valence-corrected chi connectivity index (χ0v) is 15.6. The first-order valence-electron chi connectivity index (χ1n) is 4.90. The van der Waals surface area contributed by atoms with Gasteiger partial charge in [-0.15, -0.1) is 0 Å². The van der Waals surface area contributed by atoms with Crippen molar-refractivity contribution in [1.82, 2.24) is 10.6 Å². The van der Waals surface area contributed by atoms with Crippen LogP contribution in [0.15, 0.2) is 17.9 Å². The fourth-order valence-corrected chi connectivity index (χ4v) is 2.65. The van der Waals surface area contributed by atoms with Crippen LogP contribution in [-0.4, -0.2) is 30.4 Å². The molecule has 2 N–H and O–H groups in total. The summed E-state index contributed by atoms with van der Waals surface area (Å²) in [7, 11) is 0. The third-order valence-corrected chi connectivity index (χ3v) is 6.40. The molecule has 2 rings (SSSR count). The van der Waals surface area contributed by atoms with E-state index in [2.05, 4.69) is 74.4 Å². The van der Waals surface area contributed by atoms with E-state index in [9.17, 15) is 14.4 Å². The number of carbonyl (C=O) groups is 3. The Balaban J connectivity index is 1.95. The molecule has 0 spiro atoms. The summed E-state index contributed by atoms with van der Waals surface area (Å²) in [4.78, 5) is 34.2. The standard InChI is InChI=1S/C9H4Br4N2O5/c10-1-3(12)7(16)19-5(1)14-9(18)15-6-2(11)4(13)8(17)20-6/h5-6H,(H2,14,15,18). The molecule has 2 heterocycles. The quantitative estimate of drug-likeness (QED) is 0.524. The number of urea groups is 1. The van der Waals surface area contributed by atoms with Crippen molar-refractivity contribution >= 4 is 81.7 Å². The van der Waals surface area contributed by atoms with E-state index in [1.165, 1.54) is 0 Å². The van der Waals surface area contributed by atoms with E-state index in [1.54, 1.807) is 0 Å². The van der Waals surface area contributed by atoms with Crippen LogP contribution in [0.3, 0.4) is 0 Å². The molecular formula is C9H4Br4N2O5. The second-order valence-electron chi connectivity index (χ2n) is 3.51. The van der Waals surface area contributed by atoms with Crippen LogP contribution in [0.5, 0.6) is 0 Å². The second kappa shape index (κ2) is 6.16. The number of hydrogen-bond acceptors (Lipinski definition) is 5. The van der Waals surface area contributed by atoms with Crippen molar-refractivity contribution in [1.29, 1.82) is 0 Å². The van der Waals surface area contributed by atoms with Crippen LogP contribution >= 0.6 is 63.7 Å². The van der Waals surface area contributed by atoms with E-state index < -0.39 is 30.4 Å². The highest BCUT2D eigenvalue weighted by Gasteiger charge is 2.35. The fraction of sp³-hybridized carbons (Fsp3) is 0.222. The maximum Gasteiger partial charge on any atom is 0.348 e. The van der Waals surface area contributed by atoms with Gasteiger partial charge in [0.05, 0.1) is 8.96 Å². The van der Waals surface area contributed by atoms with E-state index >= 15 is 0 Å². The van der Waals surface area contributed by atoms with E-state index in [1.807, 2.05) is 0 Å². The Labute approximate surface area is 146 Å². The van der Waals surface area contributed by atoms with Crippen molar-refractivity contribution in [3.05, 3.63) is 17.9 Å². The smallest absolute Gasteiger partial charge is 0.348 e. The molecule has 2 atom stereocenters. The van der Waals surface area contributed by atoms with Crippen molar-refractivity contribution in [2.24, 2.45) is 0 Å². The maximum absolute atomic E-state index is 11.8. The minimum atomic E-state index is -0.944. The molecule has 0 aromatic carbocycles. The van der Waals surface area contributed by atoms with Gasteiger partial charge in [-0.25, -0.2) is 14.4 Å². The van der Waals surface area contributed by atoms with Gasteiger partial charge >= 0.3 is 18.0 Å². The second-order valence-corrected chi connectivity index (χ2v) is 6.81. The van der Waals surface area contributed by atoms with Crippen molar-refractivity contribution in [3.8, 4) is 0 Å². The molecule has 2 unspecified atom stereocenters. The number of rotatable bonds is 2. The minimum Gasteiger partial charge on any atom is -0.433 e. The SMILES string of the molecule is O=C(NC1OC(=O)C(Br)=C1Br)NC1OC(=O)C(Br)=C1Br. The molecule has 0 bridgehead atoms. The van der Waals surface area contributed by atoms with Gasteiger partial charge in [-0.1, -0.05) is 0 Å². The van der Waals surface area contributed by atoms with Gasteiger partial charge in [0.25, 0.3) is 0 Å². The lowest BCUT2D eigenvalue weighted by molar-refractivity contribution is -0.139. The lowest BCUT2D eigenvalue weighted by Crippen LogP contribution is -2.47. The molecule has 2 amide bonds. The van der Waals surface area contributed by atoms with Gasteiger partial charge in [-0.2, -0.15) is 0 Å². The lowest BCUT2D eigenvalue weighted by Gasteiger charge is -2.16. The molecular weight excluding hydrogens is 536 g/mol. The zero-order valence-electron chi connectivity index (χ0n) is 9.21. The predicted molar refractivity (Wildman–Crippen MR) is 81.2 cm³/mol. The number of cyclic esters (lactones) is 2. The first-order valence-corrected chi connectivity index (χ1v) is 8.07. The monoisotopic (exact) mass is 536 g/mol. The summed E-state index contributed by atoms with van der Waals surface area (Å²) in [5.41, 5.74) is 0. The van der Waals surface area contributed by atoms with Crippen LogP contribution in [0.1, 0.15) is 0 Å². The average molecular weight is 540 g/mol. The van der Waals surface area contributed by atoms with E-state index in [-0.39, 0.29) is 8.96 Å². The Morgan fingerprint density at radius 3 is 1.45 bits per heavy atom. The molecule has 20 heavy (non-hydrogen) atoms. The van der Waals surface area contributed by atoms with Gasteiger partial charge in [0.1, 0.15) is 8.96 Å². The molecule has 0 saturated carbocycles. The Morgan fingerprint density at radius 1 is 0.850 bits per heavy atom. The number of amides is 2. The predicted octanol–water partition coefficient (Wildman–Crippen LogP) is 2.05. The summed E-state index contributed by atoms with van der Waals surface area (Å²) in [6.07, 6.45) is -1.89. The molecule has 0 aromatic heterocycles. The first-order chi connectivity index (χ1) is 9.31. The van der Waals surface area contributed by atoms with Crippen LogP contribution in [0.25, 0.3) is 0 Å². The largest absolute Gasteiger partial charge is 0.433 e. The number of halogens is 4. The third kappa shape index (κ3) is 3.10. The van der Waals surface area contributed by atoms with Crippen LogP contribution in [-0.2, 0) is 19.1 Å². The number of ether oxygens (including phenoxy) is 2.